The summed E-state index contributed by atoms with van der Waals surface area (Å²) in [6, 6.07) is 8.07. The first kappa shape index (κ1) is 74.5. The van der Waals surface area contributed by atoms with E-state index in [1.54, 1.807) is 10.0 Å². The van der Waals surface area contributed by atoms with Crippen molar-refractivity contribution in [2.45, 2.75) is 60.6 Å². The summed E-state index contributed by atoms with van der Waals surface area (Å²) < 4.78 is 174. The van der Waals surface area contributed by atoms with Crippen LogP contribution in [0.25, 0.3) is 0 Å². The molecule has 0 radical (unpaired) electrons. The highest BCUT2D eigenvalue weighted by Gasteiger charge is 2.42. The summed E-state index contributed by atoms with van der Waals surface area (Å²) in [6.07, 6.45) is 8.51. The molecule has 5 aromatic rings. The molecule has 94 heavy (non-hydrogen) atoms. The number of fused-ring (bicyclic) bond motifs is 1. The Morgan fingerprint density at radius 3 is 1.74 bits per heavy atom. The topological polar surface area (TPSA) is 497 Å². The maximum Gasteiger partial charge on any atom is 0.388 e. The summed E-state index contributed by atoms with van der Waals surface area (Å²) in [5.41, 5.74) is 0.348. The van der Waals surface area contributed by atoms with E-state index in [0.717, 1.165) is 48.2 Å². The molecule has 0 saturated heterocycles. The molecule has 9 N–H and O–H groups in total. The number of hydrogen-bond donors (Lipinski definition) is 9. The average Bonchev–Trinajstić information content (AvgIpc) is 1.54. The lowest BCUT2D eigenvalue weighted by Gasteiger charge is -2.29. The van der Waals surface area contributed by atoms with Crippen LogP contribution in [-0.2, 0) is 53.6 Å². The summed E-state index contributed by atoms with van der Waals surface area (Å²) in [5.74, 6) is -5.71. The number of urea groups is 2. The number of nitrogens with zero attached hydrogens (tertiary/aromatic N) is 7. The Balaban J connectivity index is 0.000000238. The van der Waals surface area contributed by atoms with Gasteiger partial charge in [-0.15, -0.1) is 6.42 Å². The van der Waals surface area contributed by atoms with Gasteiger partial charge in [-0.2, -0.15) is 45.9 Å². The molecule has 7 amide bonds. The molecule has 0 unspecified atom stereocenters. The van der Waals surface area contributed by atoms with Crippen molar-refractivity contribution >= 4 is 102 Å². The normalized spacial score (nSPS) is 13.6. The zero-order chi connectivity index (χ0) is 70.0. The van der Waals surface area contributed by atoms with Crippen molar-refractivity contribution < 1.29 is 129 Å². The number of carboxylic acid groups (broad SMARTS) is 2. The number of sulfonamides is 2. The number of carboxylic acids is 2. The number of benzene rings is 2. The predicted octanol–water partition coefficient (Wildman–Crippen LogP) is 2.80. The molecule has 0 spiro atoms. The number of aromatic carboxylic acids is 1. The number of rotatable bonds is 21. The molecule has 0 bridgehead atoms. The maximum atomic E-state index is 14.7. The lowest BCUT2D eigenvalue weighted by atomic mass is 9.93. The van der Waals surface area contributed by atoms with Gasteiger partial charge in [-0.3, -0.25) is 44.6 Å². The van der Waals surface area contributed by atoms with Crippen LogP contribution in [0.1, 0.15) is 43.0 Å². The van der Waals surface area contributed by atoms with Crippen LogP contribution in [0.3, 0.4) is 0 Å². The fraction of sp³-hybridized carbons (Fsp3) is 0.280. The second-order valence-electron chi connectivity index (χ2n) is 18.0. The number of carbonyl (C=O) groups is 7. The molecule has 1 aliphatic carbocycles. The van der Waals surface area contributed by atoms with E-state index in [2.05, 4.69) is 50.9 Å². The lowest BCUT2D eigenvalue weighted by Crippen LogP contribution is -2.39. The number of aromatic nitrogens is 5. The van der Waals surface area contributed by atoms with Crippen LogP contribution >= 0.6 is 7.60 Å². The summed E-state index contributed by atoms with van der Waals surface area (Å²) in [6.45, 7) is -6.16. The standard InChI is InChI=1S/C19H15FN2O4.C14H10F4N4O7S.C14H17N5O7S2.C3H8NO5P/c1-2-7-21-15-9-14(13(20)8-16(15)26-10-17(21)23)22-18(24)11-5-3-4-6-12(11)19(22)25;15-11(16)28-8-5-9(29-12(17)18)20-13(19-8)21-14(25)22-30(26,27)7-4-2-1-3-6(7)10(23)24;1-4-27(21,22)9-6-5-7-15-12(9)28(23,24)19-14(20)18-13-16-10(25-2)8-11(17-13)26-3;5-3(6)1-4-2-10(7,8)9/h1,8-9H,3-7,10H2;1-5,11-12H,(H,23,24)(H2,19,20,21,22,25);5-8H,4H2,1-3H3,(H2,16,17,18,19,20);4H,1-2H2,(H,5,6)(H2,7,8,9). The quantitative estimate of drug-likeness (QED) is 0.0221. The van der Waals surface area contributed by atoms with E-state index < -0.39 is 143 Å². The zero-order valence-electron chi connectivity index (χ0n) is 48.2. The number of carbonyl (C=O) groups excluding carboxylic acids is 5. The second kappa shape index (κ2) is 32.3. The predicted molar refractivity (Wildman–Crippen MR) is 308 cm³/mol. The lowest BCUT2D eigenvalue weighted by molar-refractivity contribution is -0.136. The number of methoxy groups -OCH3 is 2. The Hall–Kier alpha value is -10.2. The van der Waals surface area contributed by atoms with Crippen LogP contribution in [0.2, 0.25) is 0 Å². The van der Waals surface area contributed by atoms with E-state index in [0.29, 0.717) is 30.1 Å². The van der Waals surface area contributed by atoms with Crippen molar-refractivity contribution in [3.63, 3.8) is 0 Å². The summed E-state index contributed by atoms with van der Waals surface area (Å²) >= 11 is 0. The van der Waals surface area contributed by atoms with Gasteiger partial charge in [0.15, 0.2) is 27.3 Å². The Morgan fingerprint density at radius 2 is 1.26 bits per heavy atom. The van der Waals surface area contributed by atoms with Gasteiger partial charge < -0.3 is 43.7 Å². The number of pyridine rings is 1. The third-order valence-corrected chi connectivity index (χ3v) is 16.9. The van der Waals surface area contributed by atoms with Gasteiger partial charge in [0, 0.05) is 23.4 Å². The van der Waals surface area contributed by atoms with Gasteiger partial charge in [-0.25, -0.2) is 54.9 Å². The molecular weight excluding hydrogens is 1360 g/mol. The first-order valence-corrected chi connectivity index (χ1v) is 32.2. The number of alkyl halides is 4. The zero-order valence-corrected chi connectivity index (χ0v) is 51.5. The van der Waals surface area contributed by atoms with Crippen LogP contribution in [0, 0.1) is 18.2 Å². The number of imide groups is 1. The smallest absolute Gasteiger partial charge is 0.388 e. The number of terminal acetylenes is 1. The van der Waals surface area contributed by atoms with Crippen molar-refractivity contribution in [2.75, 3.05) is 66.4 Å². The monoisotopic (exact) mass is 1410 g/mol. The van der Waals surface area contributed by atoms with Gasteiger partial charge in [0.25, 0.3) is 37.8 Å². The Kier molecular flexibility index (Phi) is 25.6. The fourth-order valence-electron chi connectivity index (χ4n) is 7.79. The Bertz CT molecular complexity index is 4150. The molecule has 5 heterocycles. The van der Waals surface area contributed by atoms with Crippen LogP contribution < -0.4 is 58.9 Å². The van der Waals surface area contributed by atoms with E-state index in [1.807, 2.05) is 0 Å². The van der Waals surface area contributed by atoms with Gasteiger partial charge >= 0.3 is 44.8 Å². The maximum absolute atomic E-state index is 14.7. The molecule has 3 aromatic heterocycles. The molecule has 2 aliphatic heterocycles. The van der Waals surface area contributed by atoms with Crippen molar-refractivity contribution in [3.05, 3.63) is 89.4 Å². The molecular formula is C50H50F5N12O23PS3. The number of ether oxygens (including phenoxy) is 5. The fourth-order valence-corrected chi connectivity index (χ4v) is 11.9. The second-order valence-corrected chi connectivity index (χ2v) is 25.2. The van der Waals surface area contributed by atoms with Crippen LogP contribution in [0.15, 0.2) is 92.8 Å². The largest absolute Gasteiger partial charge is 0.481 e. The van der Waals surface area contributed by atoms with Crippen molar-refractivity contribution in [3.8, 4) is 41.6 Å². The van der Waals surface area contributed by atoms with Gasteiger partial charge in [-0.05, 0) is 56.0 Å². The number of anilines is 4. The minimum atomic E-state index is -4.71. The SMILES string of the molecule is C#CCN1C(=O)COc2cc(F)c(N3C(=O)C4=C(CCCC4)C3=O)cc21.CCS(=O)(=O)c1cccnc1S(=O)(=O)NC(=O)Nc1nc(OC)cc(OC)n1.O=C(Nc1nc(OC(F)F)cc(OC(F)F)n1)NS(=O)(=O)c1ccccc1C(=O)O.O=C(O)CNCP(=O)(O)O. The molecule has 8 rings (SSSR count). The number of sulfone groups is 1. The Labute approximate surface area is 527 Å². The van der Waals surface area contributed by atoms with Gasteiger partial charge in [0.05, 0.1) is 68.4 Å². The number of halogens is 5. The summed E-state index contributed by atoms with van der Waals surface area (Å²) in [7, 11) is -14.7. The van der Waals surface area contributed by atoms with E-state index in [-0.39, 0.29) is 59.6 Å². The number of hydrogen-bond acceptors (Lipinski definition) is 25. The third kappa shape index (κ3) is 20.6. The number of nitrogens with one attached hydrogen (secondary N) is 5. The first-order valence-electron chi connectivity index (χ1n) is 25.8. The van der Waals surface area contributed by atoms with Gasteiger partial charge in [0.1, 0.15) is 15.5 Å². The highest BCUT2D eigenvalue weighted by Crippen LogP contribution is 2.42. The van der Waals surface area contributed by atoms with E-state index >= 15 is 0 Å². The highest BCUT2D eigenvalue weighted by atomic mass is 32.2. The number of amides is 7. The highest BCUT2D eigenvalue weighted by molar-refractivity contribution is 7.93. The van der Waals surface area contributed by atoms with E-state index in [4.69, 9.17) is 40.6 Å². The van der Waals surface area contributed by atoms with Crippen LogP contribution in [0.4, 0.5) is 54.8 Å². The Morgan fingerprint density at radius 1 is 0.745 bits per heavy atom. The van der Waals surface area contributed by atoms with Gasteiger partial charge in [-0.1, -0.05) is 25.0 Å². The molecule has 44 heteroatoms. The van der Waals surface area contributed by atoms with Crippen LogP contribution in [-0.4, -0.2) is 171 Å². The molecule has 35 nitrogen and oxygen atoms in total. The minimum absolute atomic E-state index is 0.0170. The van der Waals surface area contributed by atoms with Gasteiger partial charge in [0.2, 0.25) is 35.4 Å². The molecule has 2 aromatic carbocycles. The minimum Gasteiger partial charge on any atom is -0.481 e. The van der Waals surface area contributed by atoms with Crippen molar-refractivity contribution in [2.24, 2.45) is 0 Å². The molecule has 0 fully saturated rings. The van der Waals surface area contributed by atoms with Crippen LogP contribution in [0.5, 0.6) is 29.3 Å². The third-order valence-electron chi connectivity index (χ3n) is 11.7. The van der Waals surface area contributed by atoms with Crippen molar-refractivity contribution in [1.29, 1.82) is 0 Å². The average molecular weight is 1410 g/mol. The van der Waals surface area contributed by atoms with E-state index in [1.165, 1.54) is 61.1 Å². The summed E-state index contributed by atoms with van der Waals surface area (Å²) in [5, 5.41) is 22.1. The molecule has 3 aliphatic rings. The van der Waals surface area contributed by atoms with E-state index in [9.17, 15) is 85.3 Å². The van der Waals surface area contributed by atoms with Crippen molar-refractivity contribution in [1.82, 2.24) is 39.7 Å². The molecule has 506 valence electrons. The first-order chi connectivity index (χ1) is 44.0. The molecule has 0 saturated carbocycles. The molecule has 0 atom stereocenters. The number of aliphatic carboxylic acids is 1. The summed E-state index contributed by atoms with van der Waals surface area (Å²) in [4.78, 5) is 117.